The molecule has 5 nitrogen and oxygen atoms in total. The third-order valence-corrected chi connectivity index (χ3v) is 6.83. The van der Waals surface area contributed by atoms with E-state index in [0.717, 1.165) is 71.1 Å². The van der Waals surface area contributed by atoms with Crippen LogP contribution in [-0.4, -0.2) is 32.1 Å². The number of hydrogen-bond donors (Lipinski definition) is 2. The molecule has 3 aromatic carbocycles. The minimum absolute atomic E-state index is 0.260. The van der Waals surface area contributed by atoms with Gasteiger partial charge in [0, 0.05) is 59.9 Å². The molecule has 0 saturated carbocycles. The molecule has 0 aromatic heterocycles. The maximum atomic E-state index is 13.3. The van der Waals surface area contributed by atoms with Gasteiger partial charge in [-0.05, 0) is 75.2 Å². The maximum Gasteiger partial charge on any atom is 0.340 e. The second-order valence-corrected chi connectivity index (χ2v) is 8.55. The van der Waals surface area contributed by atoms with Crippen LogP contribution in [0.3, 0.4) is 0 Å². The first-order chi connectivity index (χ1) is 16.1. The van der Waals surface area contributed by atoms with Crippen LogP contribution in [-0.2, 0) is 10.3 Å². The summed E-state index contributed by atoms with van der Waals surface area (Å²) < 4.78 is 6.34. The zero-order chi connectivity index (χ0) is 23.2. The Kier molecular flexibility index (Phi) is 5.28. The second-order valence-electron chi connectivity index (χ2n) is 8.55. The summed E-state index contributed by atoms with van der Waals surface area (Å²) in [6.07, 6.45) is 0. The van der Waals surface area contributed by atoms with E-state index in [4.69, 9.17) is 4.74 Å². The Bertz CT molecular complexity index is 1170. The van der Waals surface area contributed by atoms with Crippen molar-refractivity contribution in [3.8, 4) is 11.1 Å². The lowest BCUT2D eigenvalue weighted by Crippen LogP contribution is -2.27. The number of carbonyl (C=O) groups excluding carboxylic acids is 1. The SMILES string of the molecule is CCNc1ccc2c(c1)-c1cc(NCC)ccc1C21OC(=O)c2cc(N(CC)CC)ccc21. The van der Waals surface area contributed by atoms with Crippen LogP contribution in [0.2, 0.25) is 0 Å². The summed E-state index contributed by atoms with van der Waals surface area (Å²) in [6, 6.07) is 18.9. The highest BCUT2D eigenvalue weighted by atomic mass is 16.6. The van der Waals surface area contributed by atoms with Crippen molar-refractivity contribution in [1.29, 1.82) is 0 Å². The van der Waals surface area contributed by atoms with Gasteiger partial charge in [-0.3, -0.25) is 0 Å². The Labute approximate surface area is 195 Å². The van der Waals surface area contributed by atoms with Gasteiger partial charge in [0.15, 0.2) is 5.60 Å². The minimum atomic E-state index is -0.908. The van der Waals surface area contributed by atoms with E-state index < -0.39 is 5.60 Å². The van der Waals surface area contributed by atoms with Crippen molar-refractivity contribution in [2.24, 2.45) is 0 Å². The fourth-order valence-corrected chi connectivity index (χ4v) is 5.36. The highest BCUT2D eigenvalue weighted by Gasteiger charge is 2.54. The van der Waals surface area contributed by atoms with Gasteiger partial charge < -0.3 is 20.3 Å². The van der Waals surface area contributed by atoms with Crippen LogP contribution in [0.5, 0.6) is 0 Å². The molecule has 0 atom stereocenters. The third-order valence-electron chi connectivity index (χ3n) is 6.83. The number of benzene rings is 3. The number of carbonyl (C=O) groups is 1. The van der Waals surface area contributed by atoms with Crippen molar-refractivity contribution in [1.82, 2.24) is 0 Å². The first-order valence-corrected chi connectivity index (χ1v) is 12.0. The summed E-state index contributed by atoms with van der Waals surface area (Å²) in [5.74, 6) is -0.260. The summed E-state index contributed by atoms with van der Waals surface area (Å²) in [6.45, 7) is 11.9. The molecule has 2 aliphatic rings. The van der Waals surface area contributed by atoms with Crippen LogP contribution in [0.25, 0.3) is 11.1 Å². The summed E-state index contributed by atoms with van der Waals surface area (Å²) in [7, 11) is 0. The highest BCUT2D eigenvalue weighted by molar-refractivity contribution is 6.00. The Morgan fingerprint density at radius 3 is 1.76 bits per heavy atom. The van der Waals surface area contributed by atoms with E-state index in [9.17, 15) is 4.79 Å². The molecular weight excluding hydrogens is 410 g/mol. The van der Waals surface area contributed by atoms with Gasteiger partial charge in [-0.2, -0.15) is 0 Å². The monoisotopic (exact) mass is 441 g/mol. The predicted octanol–water partition coefficient (Wildman–Crippen LogP) is 5.84. The maximum absolute atomic E-state index is 13.3. The van der Waals surface area contributed by atoms with Crippen LogP contribution in [0.4, 0.5) is 17.1 Å². The van der Waals surface area contributed by atoms with Crippen LogP contribution < -0.4 is 15.5 Å². The summed E-state index contributed by atoms with van der Waals surface area (Å²) >= 11 is 0. The molecule has 2 N–H and O–H groups in total. The van der Waals surface area contributed by atoms with Crippen LogP contribution in [0, 0.1) is 0 Å². The Morgan fingerprint density at radius 2 is 1.24 bits per heavy atom. The van der Waals surface area contributed by atoms with Crippen molar-refractivity contribution in [2.45, 2.75) is 33.3 Å². The van der Waals surface area contributed by atoms with E-state index in [1.165, 1.54) is 0 Å². The second kappa shape index (κ2) is 8.14. The van der Waals surface area contributed by atoms with Crippen molar-refractivity contribution in [2.75, 3.05) is 41.7 Å². The molecule has 170 valence electrons. The van der Waals surface area contributed by atoms with Crippen molar-refractivity contribution < 1.29 is 9.53 Å². The van der Waals surface area contributed by atoms with Crippen molar-refractivity contribution >= 4 is 23.0 Å². The highest BCUT2D eigenvalue weighted by Crippen LogP contribution is 2.58. The molecule has 1 aliphatic carbocycles. The zero-order valence-electron chi connectivity index (χ0n) is 19.8. The molecule has 3 aromatic rings. The molecule has 5 rings (SSSR count). The standard InChI is InChI=1S/C28H31N3O2/c1-5-29-18-9-12-24-21(15-18)22-16-19(30-6-2)10-13-25(22)28(24)26-14-11-20(31(7-3)8-4)17-23(26)27(32)33-28/h9-17,29-30H,5-8H2,1-4H3. The van der Waals surface area contributed by atoms with Gasteiger partial charge in [0.2, 0.25) is 0 Å². The van der Waals surface area contributed by atoms with Gasteiger partial charge >= 0.3 is 5.97 Å². The Balaban J connectivity index is 1.74. The average molecular weight is 442 g/mol. The molecule has 5 heteroatoms. The first kappa shape index (κ1) is 21.4. The fourth-order valence-electron chi connectivity index (χ4n) is 5.36. The quantitative estimate of drug-likeness (QED) is 0.451. The fraction of sp³-hybridized carbons (Fsp3) is 0.321. The van der Waals surface area contributed by atoms with Crippen molar-refractivity contribution in [3.05, 3.63) is 76.9 Å². The van der Waals surface area contributed by atoms with Gasteiger partial charge in [0.25, 0.3) is 0 Å². The Hall–Kier alpha value is -3.47. The van der Waals surface area contributed by atoms with Crippen molar-refractivity contribution in [3.63, 3.8) is 0 Å². The van der Waals surface area contributed by atoms with E-state index in [-0.39, 0.29) is 5.97 Å². The molecule has 0 fully saturated rings. The number of nitrogens with zero attached hydrogens (tertiary/aromatic N) is 1. The summed E-state index contributed by atoms with van der Waals surface area (Å²) in [5.41, 5.74) is 8.12. The molecule has 1 spiro atoms. The number of nitrogens with one attached hydrogen (secondary N) is 2. The third kappa shape index (κ3) is 3.10. The number of anilines is 3. The summed E-state index contributed by atoms with van der Waals surface area (Å²) in [4.78, 5) is 15.5. The van der Waals surface area contributed by atoms with Crippen LogP contribution in [0.15, 0.2) is 54.6 Å². The molecule has 33 heavy (non-hydrogen) atoms. The number of rotatable bonds is 7. The Morgan fingerprint density at radius 1 is 0.727 bits per heavy atom. The summed E-state index contributed by atoms with van der Waals surface area (Å²) in [5, 5.41) is 6.84. The van der Waals surface area contributed by atoms with E-state index in [1.807, 2.05) is 6.07 Å². The average Bonchev–Trinajstić information content (AvgIpc) is 3.27. The minimum Gasteiger partial charge on any atom is -0.441 e. The van der Waals surface area contributed by atoms with E-state index in [1.54, 1.807) is 0 Å². The molecule has 1 aliphatic heterocycles. The van der Waals surface area contributed by atoms with Crippen LogP contribution >= 0.6 is 0 Å². The lowest BCUT2D eigenvalue weighted by atomic mass is 9.83. The van der Waals surface area contributed by atoms with Gasteiger partial charge in [0.1, 0.15) is 0 Å². The molecule has 0 saturated heterocycles. The van der Waals surface area contributed by atoms with Crippen LogP contribution in [0.1, 0.15) is 54.7 Å². The molecule has 0 amide bonds. The number of hydrogen-bond acceptors (Lipinski definition) is 5. The van der Waals surface area contributed by atoms with Gasteiger partial charge in [-0.1, -0.05) is 18.2 Å². The first-order valence-electron chi connectivity index (χ1n) is 12.0. The predicted molar refractivity (Wildman–Crippen MR) is 136 cm³/mol. The smallest absolute Gasteiger partial charge is 0.340 e. The lowest BCUT2D eigenvalue weighted by molar-refractivity contribution is 0.0264. The number of esters is 1. The van der Waals surface area contributed by atoms with E-state index in [0.29, 0.717) is 5.56 Å². The molecule has 1 heterocycles. The number of ether oxygens (including phenoxy) is 1. The van der Waals surface area contributed by atoms with Gasteiger partial charge in [-0.15, -0.1) is 0 Å². The van der Waals surface area contributed by atoms with E-state index >= 15 is 0 Å². The largest absolute Gasteiger partial charge is 0.441 e. The van der Waals surface area contributed by atoms with Gasteiger partial charge in [-0.25, -0.2) is 4.79 Å². The molecule has 0 unspecified atom stereocenters. The topological polar surface area (TPSA) is 53.6 Å². The zero-order valence-corrected chi connectivity index (χ0v) is 19.8. The molecule has 0 radical (unpaired) electrons. The van der Waals surface area contributed by atoms with E-state index in [2.05, 4.69) is 91.8 Å². The molecular formula is C28H31N3O2. The lowest BCUT2D eigenvalue weighted by Gasteiger charge is -2.27. The number of fused-ring (bicyclic) bond motifs is 7. The van der Waals surface area contributed by atoms with Gasteiger partial charge in [0.05, 0.1) is 5.56 Å². The molecule has 0 bridgehead atoms. The normalized spacial score (nSPS) is 14.5.